The quantitative estimate of drug-likeness (QED) is 0.482. The summed E-state index contributed by atoms with van der Waals surface area (Å²) >= 11 is 1.24. The maximum absolute atomic E-state index is 11.0. The van der Waals surface area contributed by atoms with Crippen molar-refractivity contribution in [3.05, 3.63) is 0 Å². The van der Waals surface area contributed by atoms with E-state index in [-0.39, 0.29) is 5.12 Å². The molecule has 0 fully saturated rings. The van der Waals surface area contributed by atoms with E-state index in [1.165, 1.54) is 11.8 Å². The molecule has 0 saturated heterocycles. The third kappa shape index (κ3) is 4.84. The molecular formula is C7H13NO2S. The first kappa shape index (κ1) is 10.5. The lowest BCUT2D eigenvalue weighted by Gasteiger charge is -1.96. The molecule has 0 heterocycles. The normalized spacial score (nSPS) is 11.4. The van der Waals surface area contributed by atoms with E-state index in [9.17, 15) is 4.79 Å². The number of carbonyl (C=O) groups excluding carboxylic acids is 1. The van der Waals surface area contributed by atoms with E-state index >= 15 is 0 Å². The molecule has 4 heteroatoms. The zero-order valence-electron chi connectivity index (χ0n) is 7.09. The monoisotopic (exact) mass is 175 g/mol. The van der Waals surface area contributed by atoms with E-state index < -0.39 is 0 Å². The maximum Gasteiger partial charge on any atom is 0.236 e. The minimum atomic E-state index is -0.0130. The van der Waals surface area contributed by atoms with Crippen LogP contribution >= 0.6 is 11.8 Å². The third-order valence-electron chi connectivity index (χ3n) is 0.901. The van der Waals surface area contributed by atoms with E-state index in [0.717, 1.165) is 5.75 Å². The molecule has 0 aliphatic heterocycles. The number of carbonyl (C=O) groups is 1. The molecule has 3 nitrogen and oxygen atoms in total. The molecule has 0 aliphatic carbocycles. The van der Waals surface area contributed by atoms with Gasteiger partial charge in [-0.25, -0.2) is 0 Å². The van der Waals surface area contributed by atoms with Crippen molar-refractivity contribution in [2.24, 2.45) is 5.16 Å². The topological polar surface area (TPSA) is 38.7 Å². The van der Waals surface area contributed by atoms with Gasteiger partial charge in [-0.15, -0.1) is 0 Å². The third-order valence-corrected chi connectivity index (χ3v) is 1.75. The summed E-state index contributed by atoms with van der Waals surface area (Å²) in [6.45, 7) is 5.91. The highest BCUT2D eigenvalue weighted by Crippen LogP contribution is 2.02. The zero-order valence-corrected chi connectivity index (χ0v) is 7.90. The van der Waals surface area contributed by atoms with Crippen molar-refractivity contribution in [3.63, 3.8) is 0 Å². The molecule has 0 radical (unpaired) electrons. The molecule has 0 aliphatic rings. The van der Waals surface area contributed by atoms with Gasteiger partial charge < -0.3 is 4.84 Å². The predicted molar refractivity (Wildman–Crippen MR) is 47.9 cm³/mol. The van der Waals surface area contributed by atoms with Crippen LogP contribution in [0, 0.1) is 0 Å². The van der Waals surface area contributed by atoms with Crippen LogP contribution in [0.3, 0.4) is 0 Å². The van der Waals surface area contributed by atoms with Crippen molar-refractivity contribution in [2.75, 3.05) is 12.4 Å². The van der Waals surface area contributed by atoms with E-state index in [1.54, 1.807) is 6.92 Å². The highest BCUT2D eigenvalue weighted by atomic mass is 32.2. The van der Waals surface area contributed by atoms with E-state index in [0.29, 0.717) is 12.3 Å². The van der Waals surface area contributed by atoms with E-state index in [1.807, 2.05) is 13.8 Å². The molecule has 0 saturated carbocycles. The largest absolute Gasteiger partial charge is 0.396 e. The van der Waals surface area contributed by atoms with Crippen LogP contribution in [0.1, 0.15) is 20.8 Å². The smallest absolute Gasteiger partial charge is 0.236 e. The van der Waals surface area contributed by atoms with Gasteiger partial charge in [0.25, 0.3) is 0 Å². The summed E-state index contributed by atoms with van der Waals surface area (Å²) in [4.78, 5) is 15.7. The Bertz CT molecular complexity index is 157. The van der Waals surface area contributed by atoms with Crippen LogP contribution in [0.15, 0.2) is 5.16 Å². The zero-order chi connectivity index (χ0) is 8.69. The molecule has 0 aromatic carbocycles. The fourth-order valence-electron chi connectivity index (χ4n) is 0.434. The van der Waals surface area contributed by atoms with Gasteiger partial charge in [0.05, 0.1) is 0 Å². The maximum atomic E-state index is 11.0. The average molecular weight is 175 g/mol. The molecule has 64 valence electrons. The highest BCUT2D eigenvalue weighted by molar-refractivity contribution is 8.15. The molecule has 0 N–H and O–H groups in total. The number of rotatable bonds is 4. The fourth-order valence-corrected chi connectivity index (χ4v) is 0.943. The molecule has 0 amide bonds. The van der Waals surface area contributed by atoms with Crippen molar-refractivity contribution in [3.8, 4) is 0 Å². The van der Waals surface area contributed by atoms with E-state index in [2.05, 4.69) is 5.16 Å². The lowest BCUT2D eigenvalue weighted by Crippen LogP contribution is -2.06. The number of nitrogens with zero attached hydrogens (tertiary/aromatic N) is 1. The van der Waals surface area contributed by atoms with Gasteiger partial charge in [0.15, 0.2) is 0 Å². The molecule has 0 rings (SSSR count). The van der Waals surface area contributed by atoms with Crippen molar-refractivity contribution in [1.82, 2.24) is 0 Å². The summed E-state index contributed by atoms with van der Waals surface area (Å²) in [7, 11) is 0. The van der Waals surface area contributed by atoms with Crippen molar-refractivity contribution >= 4 is 22.6 Å². The summed E-state index contributed by atoms with van der Waals surface area (Å²) in [6, 6.07) is 0. The van der Waals surface area contributed by atoms with Crippen LogP contribution in [0.25, 0.3) is 0 Å². The molecule has 0 atom stereocenters. The Balaban J connectivity index is 3.80. The second-order valence-corrected chi connectivity index (χ2v) is 3.05. The number of hydrogen-bond donors (Lipinski definition) is 0. The van der Waals surface area contributed by atoms with Gasteiger partial charge in [-0.3, -0.25) is 4.79 Å². The fraction of sp³-hybridized carbons (Fsp3) is 0.714. The minimum Gasteiger partial charge on any atom is -0.396 e. The molecule has 11 heavy (non-hydrogen) atoms. The second kappa shape index (κ2) is 6.22. The Morgan fingerprint density at radius 1 is 1.55 bits per heavy atom. The standard InChI is InChI=1S/C7H13NO2S/c1-4-10-8-6(3)7(9)11-5-2/h4-5H2,1-3H3/b8-6+. The van der Waals surface area contributed by atoms with Gasteiger partial charge >= 0.3 is 0 Å². The van der Waals surface area contributed by atoms with Crippen LogP contribution in [-0.4, -0.2) is 23.2 Å². The van der Waals surface area contributed by atoms with Crippen molar-refractivity contribution in [2.45, 2.75) is 20.8 Å². The van der Waals surface area contributed by atoms with Gasteiger partial charge in [-0.05, 0) is 19.6 Å². The Kier molecular flexibility index (Phi) is 5.93. The molecule has 0 spiro atoms. The number of thioether (sulfide) groups is 1. The Labute approximate surface area is 71.2 Å². The summed E-state index contributed by atoms with van der Waals surface area (Å²) < 4.78 is 0. The summed E-state index contributed by atoms with van der Waals surface area (Å²) in [5, 5.41) is 3.59. The summed E-state index contributed by atoms with van der Waals surface area (Å²) in [5.74, 6) is 0.776. The van der Waals surface area contributed by atoms with Crippen LogP contribution < -0.4 is 0 Å². The van der Waals surface area contributed by atoms with Gasteiger partial charge in [0.2, 0.25) is 5.12 Å². The van der Waals surface area contributed by atoms with Crippen LogP contribution in [0.4, 0.5) is 0 Å². The lowest BCUT2D eigenvalue weighted by atomic mass is 10.5. The first-order valence-electron chi connectivity index (χ1n) is 3.56. The van der Waals surface area contributed by atoms with Gasteiger partial charge in [0.1, 0.15) is 12.3 Å². The predicted octanol–water partition coefficient (Wildman–Crippen LogP) is 1.68. The van der Waals surface area contributed by atoms with Crippen LogP contribution in [0.5, 0.6) is 0 Å². The molecule has 0 aromatic rings. The van der Waals surface area contributed by atoms with E-state index in [4.69, 9.17) is 4.84 Å². The van der Waals surface area contributed by atoms with Gasteiger partial charge in [-0.2, -0.15) is 0 Å². The van der Waals surface area contributed by atoms with Gasteiger partial charge in [0, 0.05) is 0 Å². The summed E-state index contributed by atoms with van der Waals surface area (Å²) in [5.41, 5.74) is 0.429. The molecule has 0 unspecified atom stereocenters. The van der Waals surface area contributed by atoms with Crippen molar-refractivity contribution < 1.29 is 9.63 Å². The molecule has 0 aromatic heterocycles. The first-order valence-corrected chi connectivity index (χ1v) is 4.54. The summed E-state index contributed by atoms with van der Waals surface area (Å²) in [6.07, 6.45) is 0. The second-order valence-electron chi connectivity index (χ2n) is 1.81. The van der Waals surface area contributed by atoms with Crippen LogP contribution in [-0.2, 0) is 9.63 Å². The van der Waals surface area contributed by atoms with Crippen LogP contribution in [0.2, 0.25) is 0 Å². The SMILES string of the molecule is CCO/N=C(\C)C(=O)SCC. The highest BCUT2D eigenvalue weighted by Gasteiger charge is 2.04. The van der Waals surface area contributed by atoms with Crippen molar-refractivity contribution in [1.29, 1.82) is 0 Å². The number of oxime groups is 1. The Hall–Kier alpha value is -0.510. The average Bonchev–Trinajstić information content (AvgIpc) is 2.00. The first-order chi connectivity index (χ1) is 5.22. The molecule has 0 bridgehead atoms. The number of hydrogen-bond acceptors (Lipinski definition) is 4. The Morgan fingerprint density at radius 2 is 2.18 bits per heavy atom. The lowest BCUT2D eigenvalue weighted by molar-refractivity contribution is -0.105. The van der Waals surface area contributed by atoms with Gasteiger partial charge in [-0.1, -0.05) is 23.8 Å². The Morgan fingerprint density at radius 3 is 2.64 bits per heavy atom. The minimum absolute atomic E-state index is 0.0130. The molecular weight excluding hydrogens is 162 g/mol.